The van der Waals surface area contributed by atoms with Crippen molar-refractivity contribution in [3.63, 3.8) is 0 Å². The zero-order valence-corrected chi connectivity index (χ0v) is 23.1. The molecule has 0 aromatic heterocycles. The van der Waals surface area contributed by atoms with Gasteiger partial charge in [-0.2, -0.15) is 0 Å². The molecule has 0 aliphatic heterocycles. The van der Waals surface area contributed by atoms with Crippen LogP contribution >= 0.6 is 15.9 Å². The van der Waals surface area contributed by atoms with E-state index in [0.717, 1.165) is 12.8 Å². The van der Waals surface area contributed by atoms with E-state index < -0.39 is 52.9 Å². The first-order chi connectivity index (χ1) is 17.4. The second kappa shape index (κ2) is 9.02. The SMILES string of the molecule is C=C1C(=O)[C@@]23[C@H](O)C[C@@H]4C(C)(C)CCC[C@@]4(COC(C)=O)[C@@H]2[C@@H](O)C[C@H]1[C@H]3OC(=O)c1ccccc1Br. The standard InChI is InChI=1S/C29H35BrO7/c1-15-18-12-20(32)23-28(14-36-16(2)31)11-7-10-27(3,4)21(28)13-22(33)29(23,24(15)34)25(18)37-26(35)17-8-5-6-9-19(17)30/h5-6,8-9,18,20-23,25,32-33H,1,7,10-14H2,2-4H3/t18-,20+,21-,22-,23+,25-,28+,29-/m1/s1. The van der Waals surface area contributed by atoms with Gasteiger partial charge in [0.2, 0.25) is 0 Å². The van der Waals surface area contributed by atoms with E-state index in [1.54, 1.807) is 24.3 Å². The average molecular weight is 575 g/mol. The number of ether oxygens (including phenoxy) is 2. The van der Waals surface area contributed by atoms with Gasteiger partial charge in [-0.3, -0.25) is 9.59 Å². The minimum atomic E-state index is -1.56. The fourth-order valence-electron chi connectivity index (χ4n) is 8.62. The number of esters is 2. The lowest BCUT2D eigenvalue weighted by Crippen LogP contribution is -2.72. The molecular weight excluding hydrogens is 540 g/mol. The van der Waals surface area contributed by atoms with Gasteiger partial charge in [0.05, 0.1) is 24.4 Å². The molecule has 4 saturated carbocycles. The van der Waals surface area contributed by atoms with E-state index in [1.807, 2.05) is 0 Å². The van der Waals surface area contributed by atoms with Gasteiger partial charge in [0.1, 0.15) is 11.5 Å². The molecule has 37 heavy (non-hydrogen) atoms. The van der Waals surface area contributed by atoms with Gasteiger partial charge in [0, 0.05) is 28.6 Å². The lowest BCUT2D eigenvalue weighted by molar-refractivity contribution is -0.264. The summed E-state index contributed by atoms with van der Waals surface area (Å²) in [5, 5.41) is 23.6. The molecule has 4 aliphatic rings. The number of aliphatic hydroxyl groups is 2. The maximum atomic E-state index is 14.1. The normalized spacial score (nSPS) is 39.9. The summed E-state index contributed by atoms with van der Waals surface area (Å²) < 4.78 is 12.4. The fraction of sp³-hybridized carbons (Fsp3) is 0.621. The Kier molecular flexibility index (Phi) is 6.48. The van der Waals surface area contributed by atoms with Gasteiger partial charge in [-0.05, 0) is 70.7 Å². The van der Waals surface area contributed by atoms with Crippen molar-refractivity contribution in [2.75, 3.05) is 6.61 Å². The number of ketones is 1. The molecule has 2 N–H and O–H groups in total. The zero-order chi connectivity index (χ0) is 26.9. The second-order valence-electron chi connectivity index (χ2n) is 12.1. The van der Waals surface area contributed by atoms with Crippen molar-refractivity contribution >= 4 is 33.7 Å². The molecule has 8 atom stereocenters. The van der Waals surface area contributed by atoms with Crippen molar-refractivity contribution in [3.8, 4) is 0 Å². The minimum Gasteiger partial charge on any atom is -0.465 e. The number of aliphatic hydroxyl groups excluding tert-OH is 2. The Morgan fingerprint density at radius 2 is 1.86 bits per heavy atom. The highest BCUT2D eigenvalue weighted by Gasteiger charge is 2.78. The van der Waals surface area contributed by atoms with Gasteiger partial charge in [0.25, 0.3) is 0 Å². The van der Waals surface area contributed by atoms with Gasteiger partial charge < -0.3 is 19.7 Å². The van der Waals surface area contributed by atoms with E-state index >= 15 is 0 Å². The van der Waals surface area contributed by atoms with Gasteiger partial charge in [-0.1, -0.05) is 39.0 Å². The number of halogens is 1. The molecular formula is C29H35BrO7. The first kappa shape index (κ1) is 26.6. The molecule has 0 unspecified atom stereocenters. The Hall–Kier alpha value is -2.03. The van der Waals surface area contributed by atoms with E-state index in [4.69, 9.17) is 9.47 Å². The van der Waals surface area contributed by atoms with Crippen molar-refractivity contribution in [1.82, 2.24) is 0 Å². The quantitative estimate of drug-likeness (QED) is 0.408. The maximum absolute atomic E-state index is 14.1. The fourth-order valence-corrected chi connectivity index (χ4v) is 9.07. The molecule has 200 valence electrons. The lowest BCUT2D eigenvalue weighted by atomic mass is 9.39. The van der Waals surface area contributed by atoms with Crippen molar-refractivity contribution in [1.29, 1.82) is 0 Å². The minimum absolute atomic E-state index is 0.0436. The Balaban J connectivity index is 1.66. The first-order valence-corrected chi connectivity index (χ1v) is 13.9. The molecule has 4 fully saturated rings. The molecule has 0 heterocycles. The van der Waals surface area contributed by atoms with Crippen LogP contribution in [0.1, 0.15) is 63.2 Å². The summed E-state index contributed by atoms with van der Waals surface area (Å²) in [6, 6.07) is 6.89. The number of hydrogen-bond donors (Lipinski definition) is 2. The highest BCUT2D eigenvalue weighted by Crippen LogP contribution is 2.71. The summed E-state index contributed by atoms with van der Waals surface area (Å²) in [6.45, 7) is 9.73. The van der Waals surface area contributed by atoms with Crippen LogP contribution in [0.4, 0.5) is 0 Å². The molecule has 1 aromatic rings. The Labute approximate surface area is 225 Å². The van der Waals surface area contributed by atoms with E-state index in [9.17, 15) is 24.6 Å². The summed E-state index contributed by atoms with van der Waals surface area (Å²) >= 11 is 3.40. The Morgan fingerprint density at radius 3 is 2.54 bits per heavy atom. The molecule has 0 saturated heterocycles. The van der Waals surface area contributed by atoms with Gasteiger partial charge >= 0.3 is 11.9 Å². The molecule has 1 spiro atoms. The molecule has 7 nitrogen and oxygen atoms in total. The highest BCUT2D eigenvalue weighted by atomic mass is 79.9. The van der Waals surface area contributed by atoms with Gasteiger partial charge in [-0.25, -0.2) is 4.79 Å². The predicted octanol–water partition coefficient (Wildman–Crippen LogP) is 4.24. The molecule has 2 bridgehead atoms. The van der Waals surface area contributed by atoms with Crippen molar-refractivity contribution < 1.29 is 34.1 Å². The molecule has 0 radical (unpaired) electrons. The number of benzene rings is 1. The Bertz CT molecular complexity index is 1160. The van der Waals surface area contributed by atoms with E-state index in [-0.39, 0.29) is 42.1 Å². The number of Topliss-reactive ketones (excluding diaryl/α,β-unsaturated/α-hetero) is 1. The third kappa shape index (κ3) is 3.69. The van der Waals surface area contributed by atoms with Gasteiger partial charge in [-0.15, -0.1) is 0 Å². The van der Waals surface area contributed by atoms with Crippen LogP contribution in [0.3, 0.4) is 0 Å². The van der Waals surface area contributed by atoms with Crippen molar-refractivity contribution in [2.45, 2.75) is 71.2 Å². The van der Waals surface area contributed by atoms with E-state index in [1.165, 1.54) is 6.92 Å². The van der Waals surface area contributed by atoms with Crippen LogP contribution in [0.25, 0.3) is 0 Å². The maximum Gasteiger partial charge on any atom is 0.339 e. The molecule has 0 amide bonds. The summed E-state index contributed by atoms with van der Waals surface area (Å²) in [5.74, 6) is -2.84. The number of fused-ring (bicyclic) bond motifs is 3. The van der Waals surface area contributed by atoms with Crippen LogP contribution in [0.2, 0.25) is 0 Å². The molecule has 4 aliphatic carbocycles. The lowest BCUT2D eigenvalue weighted by Gasteiger charge is -2.66. The number of rotatable bonds is 4. The summed E-state index contributed by atoms with van der Waals surface area (Å²) in [4.78, 5) is 39.5. The molecule has 5 rings (SSSR count). The van der Waals surface area contributed by atoms with Crippen molar-refractivity contribution in [2.24, 2.45) is 34.0 Å². The van der Waals surface area contributed by atoms with E-state index in [2.05, 4.69) is 36.4 Å². The second-order valence-corrected chi connectivity index (χ2v) is 13.0. The Morgan fingerprint density at radius 1 is 1.16 bits per heavy atom. The third-order valence-corrected chi connectivity index (χ3v) is 10.7. The highest BCUT2D eigenvalue weighted by molar-refractivity contribution is 9.10. The van der Waals surface area contributed by atoms with Crippen LogP contribution in [0.15, 0.2) is 40.9 Å². The van der Waals surface area contributed by atoms with Gasteiger partial charge in [0.15, 0.2) is 5.78 Å². The third-order valence-electron chi connectivity index (χ3n) is 9.97. The summed E-state index contributed by atoms with van der Waals surface area (Å²) in [7, 11) is 0. The van der Waals surface area contributed by atoms with Crippen LogP contribution < -0.4 is 0 Å². The van der Waals surface area contributed by atoms with Crippen LogP contribution in [0.5, 0.6) is 0 Å². The topological polar surface area (TPSA) is 110 Å². The van der Waals surface area contributed by atoms with Crippen LogP contribution in [-0.4, -0.2) is 52.9 Å². The molecule has 8 heteroatoms. The largest absolute Gasteiger partial charge is 0.465 e. The smallest absolute Gasteiger partial charge is 0.339 e. The van der Waals surface area contributed by atoms with Crippen molar-refractivity contribution in [3.05, 3.63) is 46.5 Å². The van der Waals surface area contributed by atoms with Crippen LogP contribution in [-0.2, 0) is 19.1 Å². The molecule has 1 aromatic carbocycles. The average Bonchev–Trinajstić information content (AvgIpc) is 2.96. The summed E-state index contributed by atoms with van der Waals surface area (Å²) in [5.41, 5.74) is -1.93. The number of carbonyl (C=O) groups is 3. The number of hydrogen-bond acceptors (Lipinski definition) is 7. The van der Waals surface area contributed by atoms with E-state index in [0.29, 0.717) is 16.5 Å². The van der Waals surface area contributed by atoms with Crippen LogP contribution in [0, 0.1) is 34.0 Å². The predicted molar refractivity (Wildman–Crippen MR) is 138 cm³/mol. The monoisotopic (exact) mass is 574 g/mol. The summed E-state index contributed by atoms with van der Waals surface area (Å²) in [6.07, 6.45) is -0.208. The first-order valence-electron chi connectivity index (χ1n) is 13.1. The number of carbonyl (C=O) groups excluding carboxylic acids is 3. The zero-order valence-electron chi connectivity index (χ0n) is 21.5.